The molecule has 2 N–H and O–H groups in total. The van der Waals surface area contributed by atoms with Crippen LogP contribution < -0.4 is 10.6 Å². The van der Waals surface area contributed by atoms with Gasteiger partial charge in [-0.15, -0.1) is 0 Å². The highest BCUT2D eigenvalue weighted by Crippen LogP contribution is 2.21. The maximum atomic E-state index is 12.8. The topological polar surface area (TPSA) is 71.3 Å². The van der Waals surface area contributed by atoms with Gasteiger partial charge in [0.2, 0.25) is 5.91 Å². The third-order valence-corrected chi connectivity index (χ3v) is 4.55. The van der Waals surface area contributed by atoms with Gasteiger partial charge in [-0.2, -0.15) is 0 Å². The summed E-state index contributed by atoms with van der Waals surface area (Å²) in [5, 5.41) is 6.61. The van der Waals surface area contributed by atoms with Crippen LogP contribution in [0.15, 0.2) is 65.3 Å². The molecule has 1 atom stereocenters. The molecule has 4 rings (SSSR count). The average molecular weight is 348 g/mol. The molecule has 0 aliphatic heterocycles. The first kappa shape index (κ1) is 16.4. The number of hydrogen-bond donors (Lipinski definition) is 2. The Morgan fingerprint density at radius 2 is 1.77 bits per heavy atom. The van der Waals surface area contributed by atoms with Gasteiger partial charge in [0.1, 0.15) is 17.9 Å². The Morgan fingerprint density at radius 1 is 1.04 bits per heavy atom. The number of fused-ring (bicyclic) bond motifs is 1. The smallest absolute Gasteiger partial charge is 0.255 e. The van der Waals surface area contributed by atoms with Gasteiger partial charge in [-0.25, -0.2) is 0 Å². The number of carbonyl (C=O) groups is 2. The van der Waals surface area contributed by atoms with Crippen LogP contribution in [0.5, 0.6) is 0 Å². The minimum absolute atomic E-state index is 0.141. The van der Waals surface area contributed by atoms with Gasteiger partial charge < -0.3 is 15.1 Å². The Morgan fingerprint density at radius 3 is 2.54 bits per heavy atom. The van der Waals surface area contributed by atoms with E-state index in [-0.39, 0.29) is 17.9 Å². The lowest BCUT2D eigenvalue weighted by molar-refractivity contribution is -0.123. The zero-order chi connectivity index (χ0) is 17.9. The number of para-hydroxylation sites is 1. The maximum Gasteiger partial charge on any atom is 0.255 e. The molecule has 1 heterocycles. The molecule has 1 aliphatic carbocycles. The second-order valence-electron chi connectivity index (χ2n) is 6.64. The average Bonchev–Trinajstić information content (AvgIpc) is 3.37. The van der Waals surface area contributed by atoms with Crippen molar-refractivity contribution in [1.29, 1.82) is 0 Å². The van der Waals surface area contributed by atoms with E-state index in [4.69, 9.17) is 4.42 Å². The van der Waals surface area contributed by atoms with Crippen molar-refractivity contribution < 1.29 is 14.0 Å². The van der Waals surface area contributed by atoms with E-state index in [2.05, 4.69) is 10.6 Å². The third-order valence-electron chi connectivity index (χ3n) is 4.55. The van der Waals surface area contributed by atoms with Crippen molar-refractivity contribution >= 4 is 22.8 Å². The fourth-order valence-corrected chi connectivity index (χ4v) is 2.98. The summed E-state index contributed by atoms with van der Waals surface area (Å²) in [6.45, 7) is 0. The molecule has 2 aromatic carbocycles. The quantitative estimate of drug-likeness (QED) is 0.719. The van der Waals surface area contributed by atoms with Gasteiger partial charge in [-0.05, 0) is 24.5 Å². The van der Waals surface area contributed by atoms with E-state index in [9.17, 15) is 9.59 Å². The molecule has 0 spiro atoms. The molecule has 26 heavy (non-hydrogen) atoms. The van der Waals surface area contributed by atoms with Crippen LogP contribution in [0.4, 0.5) is 0 Å². The molecule has 1 fully saturated rings. The molecule has 5 heteroatoms. The molecule has 0 bridgehead atoms. The Kier molecular flexibility index (Phi) is 4.44. The van der Waals surface area contributed by atoms with Crippen molar-refractivity contribution in [2.45, 2.75) is 31.3 Å². The third kappa shape index (κ3) is 3.61. The van der Waals surface area contributed by atoms with Crippen LogP contribution in [-0.2, 0) is 11.2 Å². The van der Waals surface area contributed by atoms with Crippen LogP contribution in [0.1, 0.15) is 28.8 Å². The fourth-order valence-electron chi connectivity index (χ4n) is 2.98. The monoisotopic (exact) mass is 348 g/mol. The van der Waals surface area contributed by atoms with E-state index in [0.717, 1.165) is 23.8 Å². The lowest BCUT2D eigenvalue weighted by Crippen LogP contribution is -2.48. The van der Waals surface area contributed by atoms with Crippen LogP contribution in [0.3, 0.4) is 0 Å². The molecular formula is C21H20N2O3. The summed E-state index contributed by atoms with van der Waals surface area (Å²) in [6, 6.07) is 16.7. The van der Waals surface area contributed by atoms with Crippen molar-refractivity contribution in [3.8, 4) is 0 Å². The Labute approximate surface area is 151 Å². The molecular weight excluding hydrogens is 328 g/mol. The van der Waals surface area contributed by atoms with E-state index < -0.39 is 6.04 Å². The summed E-state index contributed by atoms with van der Waals surface area (Å²) in [6.07, 6.45) is 3.90. The second kappa shape index (κ2) is 7.04. The number of nitrogens with one attached hydrogen (secondary N) is 2. The van der Waals surface area contributed by atoms with E-state index in [1.165, 1.54) is 6.26 Å². The molecule has 2 amide bonds. The summed E-state index contributed by atoms with van der Waals surface area (Å²) in [4.78, 5) is 25.4. The molecule has 0 saturated heterocycles. The Hall–Kier alpha value is -3.08. The minimum atomic E-state index is -0.626. The summed E-state index contributed by atoms with van der Waals surface area (Å²) in [5.74, 6) is -0.445. The maximum absolute atomic E-state index is 12.8. The molecule has 132 valence electrons. The number of benzene rings is 2. The zero-order valence-corrected chi connectivity index (χ0v) is 14.3. The summed E-state index contributed by atoms with van der Waals surface area (Å²) in [5.41, 5.74) is 2.10. The molecule has 1 aliphatic rings. The first-order valence-corrected chi connectivity index (χ1v) is 8.82. The van der Waals surface area contributed by atoms with Gasteiger partial charge in [0, 0.05) is 17.8 Å². The highest BCUT2D eigenvalue weighted by atomic mass is 16.3. The van der Waals surface area contributed by atoms with Crippen molar-refractivity contribution in [2.75, 3.05) is 0 Å². The zero-order valence-electron chi connectivity index (χ0n) is 14.3. The van der Waals surface area contributed by atoms with Crippen LogP contribution in [0.25, 0.3) is 11.0 Å². The predicted molar refractivity (Wildman–Crippen MR) is 98.8 cm³/mol. The van der Waals surface area contributed by atoms with Crippen LogP contribution in [0, 0.1) is 0 Å². The predicted octanol–water partition coefficient (Wildman–Crippen LogP) is 3.05. The molecule has 1 aromatic heterocycles. The first-order valence-electron chi connectivity index (χ1n) is 8.82. The van der Waals surface area contributed by atoms with Gasteiger partial charge in [0.05, 0.1) is 5.56 Å². The Bertz CT molecular complexity index is 929. The highest BCUT2D eigenvalue weighted by Gasteiger charge is 2.29. The van der Waals surface area contributed by atoms with Gasteiger partial charge >= 0.3 is 0 Å². The minimum Gasteiger partial charge on any atom is -0.463 e. The molecule has 5 nitrogen and oxygen atoms in total. The normalized spacial score (nSPS) is 14.8. The van der Waals surface area contributed by atoms with Crippen molar-refractivity contribution in [3.05, 3.63) is 72.0 Å². The van der Waals surface area contributed by atoms with E-state index in [1.54, 1.807) is 0 Å². The fraction of sp³-hybridized carbons (Fsp3) is 0.238. The second-order valence-corrected chi connectivity index (χ2v) is 6.64. The van der Waals surface area contributed by atoms with E-state index in [1.807, 2.05) is 54.6 Å². The SMILES string of the molecule is O=C(N[C@@H](Cc1ccccc1)C(=O)NC1CC1)c1coc2ccccc12. The standard InChI is InChI=1S/C21H20N2O3/c24-20(17-13-26-19-9-5-4-8-16(17)19)23-18(21(25)22-15-10-11-15)12-14-6-2-1-3-7-14/h1-9,13,15,18H,10-12H2,(H,22,25)(H,23,24)/t18-/m0/s1. The number of amides is 2. The number of hydrogen-bond acceptors (Lipinski definition) is 3. The summed E-state index contributed by atoms with van der Waals surface area (Å²) < 4.78 is 5.44. The lowest BCUT2D eigenvalue weighted by atomic mass is 10.0. The number of rotatable bonds is 6. The molecule has 3 aromatic rings. The van der Waals surface area contributed by atoms with Crippen LogP contribution in [-0.4, -0.2) is 23.9 Å². The molecule has 0 radical (unpaired) electrons. The highest BCUT2D eigenvalue weighted by molar-refractivity contribution is 6.07. The Balaban J connectivity index is 1.54. The first-order chi connectivity index (χ1) is 12.7. The van der Waals surface area contributed by atoms with Crippen LogP contribution in [0.2, 0.25) is 0 Å². The van der Waals surface area contributed by atoms with Crippen LogP contribution >= 0.6 is 0 Å². The van der Waals surface area contributed by atoms with E-state index in [0.29, 0.717) is 17.6 Å². The van der Waals surface area contributed by atoms with Crippen molar-refractivity contribution in [3.63, 3.8) is 0 Å². The van der Waals surface area contributed by atoms with E-state index >= 15 is 0 Å². The van der Waals surface area contributed by atoms with Crippen molar-refractivity contribution in [2.24, 2.45) is 0 Å². The lowest BCUT2D eigenvalue weighted by Gasteiger charge is -2.18. The number of carbonyl (C=O) groups excluding carboxylic acids is 2. The van der Waals surface area contributed by atoms with Gasteiger partial charge in [-0.1, -0.05) is 48.5 Å². The van der Waals surface area contributed by atoms with Gasteiger partial charge in [-0.3, -0.25) is 9.59 Å². The van der Waals surface area contributed by atoms with Crippen molar-refractivity contribution in [1.82, 2.24) is 10.6 Å². The summed E-state index contributed by atoms with van der Waals surface area (Å²) >= 11 is 0. The summed E-state index contributed by atoms with van der Waals surface area (Å²) in [7, 11) is 0. The van der Waals surface area contributed by atoms with Gasteiger partial charge in [0.25, 0.3) is 5.91 Å². The van der Waals surface area contributed by atoms with Gasteiger partial charge in [0.15, 0.2) is 0 Å². The molecule has 1 saturated carbocycles. The number of furan rings is 1. The largest absolute Gasteiger partial charge is 0.463 e. The molecule has 0 unspecified atom stereocenters.